The highest BCUT2D eigenvalue weighted by atomic mass is 16.7. The van der Waals surface area contributed by atoms with Gasteiger partial charge in [-0.05, 0) is 81.1 Å². The Hall–Kier alpha value is -0.320. The monoisotopic (exact) mass is 606 g/mol. The normalized spacial score (nSPS) is 34.0. The van der Waals surface area contributed by atoms with Crippen LogP contribution in [0.2, 0.25) is 0 Å². The zero-order valence-corrected chi connectivity index (χ0v) is 28.7. The van der Waals surface area contributed by atoms with E-state index in [9.17, 15) is 0 Å². The lowest BCUT2D eigenvalue weighted by molar-refractivity contribution is -0.423. The molecule has 0 radical (unpaired) electrons. The Morgan fingerprint density at radius 1 is 0.442 bits per heavy atom. The van der Waals surface area contributed by atoms with E-state index >= 15 is 0 Å². The van der Waals surface area contributed by atoms with E-state index in [2.05, 4.69) is 65.5 Å². The van der Waals surface area contributed by atoms with Gasteiger partial charge in [0.05, 0.1) is 44.1 Å². The highest BCUT2D eigenvalue weighted by Crippen LogP contribution is 2.53. The van der Waals surface area contributed by atoms with E-state index in [1.165, 1.54) is 38.5 Å². The van der Waals surface area contributed by atoms with Gasteiger partial charge >= 0.3 is 0 Å². The van der Waals surface area contributed by atoms with Gasteiger partial charge in [-0.3, -0.25) is 9.68 Å². The molecule has 6 rings (SSSR count). The lowest BCUT2D eigenvalue weighted by Crippen LogP contribution is -2.71. The average molecular weight is 607 g/mol. The molecule has 0 aromatic carbocycles. The minimum absolute atomic E-state index is 0.210. The van der Waals surface area contributed by atoms with Crippen LogP contribution in [0.4, 0.5) is 0 Å². The number of nitrogens with zero attached hydrogens (tertiary/aromatic N) is 2. The van der Waals surface area contributed by atoms with Crippen LogP contribution in [0.15, 0.2) is 0 Å². The summed E-state index contributed by atoms with van der Waals surface area (Å²) in [5, 5.41) is 4.56. The summed E-state index contributed by atoms with van der Waals surface area (Å²) in [6.07, 6.45) is 16.1. The fourth-order valence-electron chi connectivity index (χ4n) is 9.78. The smallest absolute Gasteiger partial charge is 0.172 e. The zero-order chi connectivity index (χ0) is 30.8. The Morgan fingerprint density at radius 3 is 1.00 bits per heavy atom. The van der Waals surface area contributed by atoms with Crippen molar-refractivity contribution in [3.8, 4) is 0 Å². The molecule has 6 fully saturated rings. The topological polar surface area (TPSA) is 61.9 Å². The van der Waals surface area contributed by atoms with Crippen molar-refractivity contribution in [3.05, 3.63) is 0 Å². The molecule has 0 unspecified atom stereocenters. The number of piperidine rings is 2. The van der Waals surface area contributed by atoms with Crippen LogP contribution in [0.25, 0.3) is 0 Å². The molecule has 4 heterocycles. The van der Waals surface area contributed by atoms with Crippen molar-refractivity contribution in [2.45, 2.75) is 191 Å². The third kappa shape index (κ3) is 6.60. The van der Waals surface area contributed by atoms with Crippen LogP contribution in [0.3, 0.4) is 0 Å². The molecule has 0 aromatic heterocycles. The van der Waals surface area contributed by atoms with E-state index in [-0.39, 0.29) is 27.6 Å². The van der Waals surface area contributed by atoms with Gasteiger partial charge in [-0.2, -0.15) is 10.1 Å². The average Bonchev–Trinajstić information content (AvgIpc) is 2.93. The molecule has 4 aliphatic heterocycles. The summed E-state index contributed by atoms with van der Waals surface area (Å²) in [6, 6.07) is 0. The summed E-state index contributed by atoms with van der Waals surface area (Å²) in [7, 11) is 0. The quantitative estimate of drug-likeness (QED) is 0.331. The number of rotatable bonds is 4. The number of hydrogen-bond donors (Lipinski definition) is 0. The highest BCUT2D eigenvalue weighted by molar-refractivity contribution is 5.06. The van der Waals surface area contributed by atoms with E-state index in [0.29, 0.717) is 38.6 Å². The molecule has 43 heavy (non-hydrogen) atoms. The van der Waals surface area contributed by atoms with E-state index < -0.39 is 11.6 Å². The lowest BCUT2D eigenvalue weighted by atomic mass is 9.75. The maximum atomic E-state index is 6.78. The van der Waals surface area contributed by atoms with E-state index in [1.807, 2.05) is 0 Å². The first-order valence-electron chi connectivity index (χ1n) is 17.6. The number of hydroxylamine groups is 4. The Morgan fingerprint density at radius 2 is 0.721 bits per heavy atom. The van der Waals surface area contributed by atoms with Crippen LogP contribution in [-0.2, 0) is 28.6 Å². The minimum atomic E-state index is -0.619. The Labute approximate surface area is 261 Å². The summed E-state index contributed by atoms with van der Waals surface area (Å²) in [4.78, 5) is 13.4. The standard InChI is InChI=1S/C35H62N2O6/c1-29(2)19-34(20-30(3,4)36(29)42-27-15-11-9-12-16-27)38-23-33(24-39-34)25-40-35(41-26-33)21-31(5,6)37(32(7,8)22-35)43-28-17-13-10-14-18-28/h27-28H,9-26H2,1-8H3. The Kier molecular flexibility index (Phi) is 8.67. The predicted octanol–water partition coefficient (Wildman–Crippen LogP) is 7.29. The molecule has 2 aliphatic carbocycles. The van der Waals surface area contributed by atoms with Crippen LogP contribution in [0.1, 0.15) is 145 Å². The predicted molar refractivity (Wildman–Crippen MR) is 166 cm³/mol. The number of ether oxygens (including phenoxy) is 4. The molecule has 0 N–H and O–H groups in total. The molecule has 0 atom stereocenters. The van der Waals surface area contributed by atoms with E-state index in [0.717, 1.165) is 51.4 Å². The minimum Gasteiger partial charge on any atom is -0.349 e. The molecule has 8 heteroatoms. The molecule has 8 nitrogen and oxygen atoms in total. The lowest BCUT2D eigenvalue weighted by Gasteiger charge is -2.62. The van der Waals surface area contributed by atoms with Gasteiger partial charge in [-0.1, -0.05) is 38.5 Å². The van der Waals surface area contributed by atoms with Gasteiger partial charge in [0.15, 0.2) is 11.6 Å². The van der Waals surface area contributed by atoms with Crippen molar-refractivity contribution in [1.29, 1.82) is 0 Å². The Balaban J connectivity index is 1.07. The maximum absolute atomic E-state index is 6.78. The van der Waals surface area contributed by atoms with Gasteiger partial charge in [0.2, 0.25) is 0 Å². The van der Waals surface area contributed by atoms with Crippen molar-refractivity contribution in [3.63, 3.8) is 0 Å². The molecule has 0 bridgehead atoms. The van der Waals surface area contributed by atoms with Gasteiger partial charge in [-0.15, -0.1) is 0 Å². The van der Waals surface area contributed by atoms with Gasteiger partial charge in [0, 0.05) is 47.8 Å². The molecular formula is C35H62N2O6. The maximum Gasteiger partial charge on any atom is 0.172 e. The second-order valence-corrected chi connectivity index (χ2v) is 17.8. The molecule has 0 amide bonds. The van der Waals surface area contributed by atoms with Crippen molar-refractivity contribution < 1.29 is 28.6 Å². The first-order valence-corrected chi connectivity index (χ1v) is 17.6. The largest absolute Gasteiger partial charge is 0.349 e. The summed E-state index contributed by atoms with van der Waals surface area (Å²) in [6.45, 7) is 20.6. The summed E-state index contributed by atoms with van der Waals surface area (Å²) >= 11 is 0. The highest BCUT2D eigenvalue weighted by Gasteiger charge is 2.62. The van der Waals surface area contributed by atoms with Crippen LogP contribution in [-0.4, -0.2) is 82.5 Å². The fraction of sp³-hybridized carbons (Fsp3) is 1.00. The van der Waals surface area contributed by atoms with E-state index in [4.69, 9.17) is 28.6 Å². The summed E-state index contributed by atoms with van der Waals surface area (Å²) in [5.74, 6) is -1.24. The van der Waals surface area contributed by atoms with Gasteiger partial charge < -0.3 is 18.9 Å². The number of hydrogen-bond acceptors (Lipinski definition) is 8. The van der Waals surface area contributed by atoms with Gasteiger partial charge in [0.25, 0.3) is 0 Å². The third-order valence-corrected chi connectivity index (χ3v) is 11.2. The van der Waals surface area contributed by atoms with Gasteiger partial charge in [0.1, 0.15) is 0 Å². The molecule has 248 valence electrons. The van der Waals surface area contributed by atoms with Crippen LogP contribution < -0.4 is 0 Å². The SMILES string of the molecule is CC1(C)CC2(CC(C)(C)N1OC1CCCCC1)OCC1(CO2)COC2(CC(C)(C)N(OC3CCCCC3)C(C)(C)C2)OC1. The Bertz CT molecular complexity index is 845. The van der Waals surface area contributed by atoms with Crippen LogP contribution in [0, 0.1) is 5.41 Å². The van der Waals surface area contributed by atoms with Crippen LogP contribution in [0.5, 0.6) is 0 Å². The summed E-state index contributed by atoms with van der Waals surface area (Å²) < 4.78 is 27.1. The van der Waals surface area contributed by atoms with Crippen LogP contribution >= 0.6 is 0 Å². The molecule has 6 aliphatic rings. The van der Waals surface area contributed by atoms with Crippen molar-refractivity contribution in [1.82, 2.24) is 10.1 Å². The van der Waals surface area contributed by atoms with Gasteiger partial charge in [-0.25, -0.2) is 0 Å². The molecular weight excluding hydrogens is 544 g/mol. The molecule has 4 saturated heterocycles. The fourth-order valence-corrected chi connectivity index (χ4v) is 9.78. The van der Waals surface area contributed by atoms with Crippen molar-refractivity contribution in [2.75, 3.05) is 26.4 Å². The second kappa shape index (κ2) is 11.4. The molecule has 0 aromatic rings. The van der Waals surface area contributed by atoms with E-state index in [1.54, 1.807) is 0 Å². The summed E-state index contributed by atoms with van der Waals surface area (Å²) in [5.41, 5.74) is -1.13. The first kappa shape index (κ1) is 32.6. The molecule has 2 saturated carbocycles. The zero-order valence-electron chi connectivity index (χ0n) is 28.7. The second-order valence-electron chi connectivity index (χ2n) is 17.8. The van der Waals surface area contributed by atoms with Crippen molar-refractivity contribution in [2.24, 2.45) is 5.41 Å². The van der Waals surface area contributed by atoms with Crippen molar-refractivity contribution >= 4 is 0 Å². The third-order valence-electron chi connectivity index (χ3n) is 11.2. The first-order chi connectivity index (χ1) is 20.1. The molecule has 3 spiro atoms.